The Morgan fingerprint density at radius 3 is 2.67 bits per heavy atom. The molecule has 1 aliphatic heterocycles. The molecule has 2 aromatic carbocycles. The molecule has 2 aromatic rings. The highest BCUT2D eigenvalue weighted by Crippen LogP contribution is 2.36. The molecule has 140 valence electrons. The van der Waals surface area contributed by atoms with Gasteiger partial charge in [0.25, 0.3) is 5.91 Å². The Bertz CT molecular complexity index is 872. The van der Waals surface area contributed by atoms with Crippen LogP contribution < -0.4 is 15.0 Å². The fourth-order valence-electron chi connectivity index (χ4n) is 2.97. The Morgan fingerprint density at radius 2 is 1.96 bits per heavy atom. The number of anilines is 2. The summed E-state index contributed by atoms with van der Waals surface area (Å²) in [5.74, 6) is 0.366. The minimum Gasteiger partial charge on any atom is -0.479 e. The van der Waals surface area contributed by atoms with Gasteiger partial charge in [-0.15, -0.1) is 0 Å². The van der Waals surface area contributed by atoms with Crippen molar-refractivity contribution < 1.29 is 14.3 Å². The molecule has 3 rings (SSSR count). The molecule has 0 aromatic heterocycles. The molecular weight excluding hydrogens is 340 g/mol. The van der Waals surface area contributed by atoms with E-state index in [1.54, 1.807) is 36.1 Å². The van der Waals surface area contributed by atoms with Gasteiger partial charge in [-0.2, -0.15) is 0 Å². The van der Waals surface area contributed by atoms with E-state index in [1.165, 1.54) is 11.6 Å². The van der Waals surface area contributed by atoms with Crippen molar-refractivity contribution in [3.05, 3.63) is 59.7 Å². The van der Waals surface area contributed by atoms with Gasteiger partial charge >= 0.3 is 0 Å². The van der Waals surface area contributed by atoms with Crippen molar-refractivity contribution >= 4 is 29.3 Å². The number of carbonyl (C=O) groups is 2. The first-order chi connectivity index (χ1) is 13.0. The van der Waals surface area contributed by atoms with Crippen LogP contribution in [0.2, 0.25) is 0 Å². The fourth-order valence-corrected chi connectivity index (χ4v) is 2.97. The van der Waals surface area contributed by atoms with Gasteiger partial charge in [0, 0.05) is 18.3 Å². The van der Waals surface area contributed by atoms with Gasteiger partial charge in [-0.25, -0.2) is 0 Å². The first-order valence-electron chi connectivity index (χ1n) is 9.15. The second-order valence-electron chi connectivity index (χ2n) is 6.67. The van der Waals surface area contributed by atoms with E-state index in [0.29, 0.717) is 23.7 Å². The zero-order valence-electron chi connectivity index (χ0n) is 15.9. The molecule has 1 aliphatic rings. The zero-order chi connectivity index (χ0) is 19.4. The second kappa shape index (κ2) is 8.08. The van der Waals surface area contributed by atoms with Crippen LogP contribution in [0.5, 0.6) is 5.75 Å². The van der Waals surface area contributed by atoms with Gasteiger partial charge in [-0.1, -0.05) is 36.8 Å². The molecule has 0 fully saturated rings. The molecule has 2 amide bonds. The summed E-state index contributed by atoms with van der Waals surface area (Å²) >= 11 is 0. The van der Waals surface area contributed by atoms with E-state index < -0.39 is 6.10 Å². The van der Waals surface area contributed by atoms with E-state index in [1.807, 2.05) is 38.1 Å². The molecule has 0 saturated heterocycles. The third-order valence-corrected chi connectivity index (χ3v) is 4.39. The number of ether oxygens (including phenoxy) is 1. The molecular formula is C22H24N2O3. The molecule has 1 heterocycles. The number of nitrogens with one attached hydrogen (secondary N) is 1. The largest absolute Gasteiger partial charge is 0.479 e. The number of amides is 2. The number of benzene rings is 2. The van der Waals surface area contributed by atoms with Crippen LogP contribution in [0.3, 0.4) is 0 Å². The summed E-state index contributed by atoms with van der Waals surface area (Å²) in [6.45, 7) is 6.41. The number of fused-ring (bicyclic) bond motifs is 1. The fraction of sp³-hybridized carbons (Fsp3) is 0.273. The molecule has 1 unspecified atom stereocenters. The van der Waals surface area contributed by atoms with Gasteiger partial charge in [-0.05, 0) is 50.1 Å². The lowest BCUT2D eigenvalue weighted by Gasteiger charge is -2.33. The maximum Gasteiger partial charge on any atom is 0.267 e. The zero-order valence-corrected chi connectivity index (χ0v) is 15.9. The van der Waals surface area contributed by atoms with Crippen LogP contribution in [0.25, 0.3) is 6.08 Å². The summed E-state index contributed by atoms with van der Waals surface area (Å²) < 4.78 is 5.68. The molecule has 5 nitrogen and oxygen atoms in total. The van der Waals surface area contributed by atoms with Gasteiger partial charge in [0.1, 0.15) is 5.75 Å². The summed E-state index contributed by atoms with van der Waals surface area (Å²) in [7, 11) is 0. The average Bonchev–Trinajstić information content (AvgIpc) is 2.65. The Kier molecular flexibility index (Phi) is 5.60. The highest BCUT2D eigenvalue weighted by molar-refractivity contribution is 6.04. The lowest BCUT2D eigenvalue weighted by Crippen LogP contribution is -2.44. The number of carbonyl (C=O) groups excluding carboxylic acids is 2. The molecule has 0 bridgehead atoms. The first kappa shape index (κ1) is 18.7. The van der Waals surface area contributed by atoms with Crippen molar-refractivity contribution in [2.24, 2.45) is 0 Å². The van der Waals surface area contributed by atoms with Crippen LogP contribution in [0, 0.1) is 6.92 Å². The molecule has 1 N–H and O–H groups in total. The molecule has 0 spiro atoms. The first-order valence-corrected chi connectivity index (χ1v) is 9.15. The van der Waals surface area contributed by atoms with Gasteiger partial charge < -0.3 is 15.0 Å². The molecule has 0 radical (unpaired) electrons. The third kappa shape index (κ3) is 4.37. The molecule has 5 heteroatoms. The molecule has 0 aliphatic carbocycles. The SMILES string of the molecule is CCCN1C(=O)C(C)Oc2ccc(NC(=O)/C=C/c3ccc(C)cc3)cc21. The van der Waals surface area contributed by atoms with Crippen LogP contribution in [0.4, 0.5) is 11.4 Å². The van der Waals surface area contributed by atoms with Gasteiger partial charge in [0.05, 0.1) is 5.69 Å². The van der Waals surface area contributed by atoms with Crippen LogP contribution in [0.15, 0.2) is 48.5 Å². The summed E-state index contributed by atoms with van der Waals surface area (Å²) in [5.41, 5.74) is 3.45. The predicted molar refractivity (Wildman–Crippen MR) is 108 cm³/mol. The van der Waals surface area contributed by atoms with Crippen LogP contribution in [-0.2, 0) is 9.59 Å². The summed E-state index contributed by atoms with van der Waals surface area (Å²) in [4.78, 5) is 26.4. The van der Waals surface area contributed by atoms with Crippen LogP contribution in [-0.4, -0.2) is 24.5 Å². The van der Waals surface area contributed by atoms with Gasteiger partial charge in [0.15, 0.2) is 6.10 Å². The number of rotatable bonds is 5. The minimum atomic E-state index is -0.498. The van der Waals surface area contributed by atoms with Crippen molar-refractivity contribution in [3.63, 3.8) is 0 Å². The Balaban J connectivity index is 1.75. The standard InChI is InChI=1S/C22H24N2O3/c1-4-13-24-19-14-18(10-11-20(19)27-16(3)22(24)26)23-21(25)12-9-17-7-5-15(2)6-8-17/h5-12,14,16H,4,13H2,1-3H3,(H,23,25)/b12-9+. The number of hydrogen-bond acceptors (Lipinski definition) is 3. The van der Waals surface area contributed by atoms with E-state index in [9.17, 15) is 9.59 Å². The van der Waals surface area contributed by atoms with Crippen molar-refractivity contribution in [2.45, 2.75) is 33.3 Å². The number of nitrogens with zero attached hydrogens (tertiary/aromatic N) is 1. The molecule has 0 saturated carbocycles. The van der Waals surface area contributed by atoms with Crippen molar-refractivity contribution in [1.29, 1.82) is 0 Å². The van der Waals surface area contributed by atoms with Gasteiger partial charge in [-0.3, -0.25) is 9.59 Å². The summed E-state index contributed by atoms with van der Waals surface area (Å²) in [6, 6.07) is 13.3. The van der Waals surface area contributed by atoms with E-state index in [4.69, 9.17) is 4.74 Å². The van der Waals surface area contributed by atoms with Crippen molar-refractivity contribution in [3.8, 4) is 5.75 Å². The summed E-state index contributed by atoms with van der Waals surface area (Å²) in [5, 5.41) is 2.84. The van der Waals surface area contributed by atoms with Crippen molar-refractivity contribution in [1.82, 2.24) is 0 Å². The second-order valence-corrected chi connectivity index (χ2v) is 6.67. The monoisotopic (exact) mass is 364 g/mol. The maximum atomic E-state index is 12.4. The quantitative estimate of drug-likeness (QED) is 0.810. The molecule has 1 atom stereocenters. The minimum absolute atomic E-state index is 0.0629. The number of hydrogen-bond donors (Lipinski definition) is 1. The third-order valence-electron chi connectivity index (χ3n) is 4.39. The van der Waals surface area contributed by atoms with E-state index in [2.05, 4.69) is 5.32 Å². The highest BCUT2D eigenvalue weighted by atomic mass is 16.5. The topological polar surface area (TPSA) is 58.6 Å². The Labute approximate surface area is 159 Å². The van der Waals surface area contributed by atoms with Crippen LogP contribution >= 0.6 is 0 Å². The Morgan fingerprint density at radius 1 is 1.22 bits per heavy atom. The summed E-state index contributed by atoms with van der Waals surface area (Å²) in [6.07, 6.45) is 3.61. The van der Waals surface area contributed by atoms with E-state index >= 15 is 0 Å². The Hall–Kier alpha value is -3.08. The van der Waals surface area contributed by atoms with Crippen molar-refractivity contribution in [2.75, 3.05) is 16.8 Å². The number of aryl methyl sites for hydroxylation is 1. The van der Waals surface area contributed by atoms with Gasteiger partial charge in [0.2, 0.25) is 5.91 Å². The molecule has 27 heavy (non-hydrogen) atoms. The van der Waals surface area contributed by atoms with E-state index in [-0.39, 0.29) is 11.8 Å². The lowest BCUT2D eigenvalue weighted by atomic mass is 10.1. The predicted octanol–water partition coefficient (Wildman–Crippen LogP) is 4.17. The average molecular weight is 364 g/mol. The van der Waals surface area contributed by atoms with E-state index in [0.717, 1.165) is 12.0 Å². The smallest absolute Gasteiger partial charge is 0.267 e. The maximum absolute atomic E-state index is 12.4. The normalized spacial score (nSPS) is 16.2. The van der Waals surface area contributed by atoms with Crippen LogP contribution in [0.1, 0.15) is 31.4 Å². The lowest BCUT2D eigenvalue weighted by molar-refractivity contribution is -0.125. The highest BCUT2D eigenvalue weighted by Gasteiger charge is 2.31.